The minimum atomic E-state index is -3.67. The lowest BCUT2D eigenvalue weighted by Crippen LogP contribution is -2.54. The van der Waals surface area contributed by atoms with Crippen LogP contribution < -0.4 is 16.8 Å². The molecule has 1 aliphatic rings. The van der Waals surface area contributed by atoms with Gasteiger partial charge in [0.1, 0.15) is 0 Å². The third-order valence-electron chi connectivity index (χ3n) is 5.04. The normalized spacial score (nSPS) is 16.6. The molecule has 9 nitrogen and oxygen atoms in total. The van der Waals surface area contributed by atoms with E-state index in [2.05, 4.69) is 5.32 Å². The summed E-state index contributed by atoms with van der Waals surface area (Å²) in [6.45, 7) is 6.45. The van der Waals surface area contributed by atoms with Crippen molar-refractivity contribution in [3.63, 3.8) is 0 Å². The molecule has 0 aromatic heterocycles. The van der Waals surface area contributed by atoms with Crippen LogP contribution in [-0.2, 0) is 29.8 Å². The molecule has 0 unspecified atom stereocenters. The molecule has 2 rings (SSSR count). The highest BCUT2D eigenvalue weighted by Gasteiger charge is 2.34. The molecular formula is C19H28N4O5S. The number of sulfonamides is 1. The van der Waals surface area contributed by atoms with Gasteiger partial charge < -0.3 is 16.8 Å². The number of nitrogens with zero attached hydrogens (tertiary/aromatic N) is 1. The summed E-state index contributed by atoms with van der Waals surface area (Å²) in [6, 6.07) is 5.23. The maximum atomic E-state index is 12.9. The molecule has 1 saturated heterocycles. The smallest absolute Gasteiger partial charge is 0.249 e. The fraction of sp³-hybridized carbons (Fsp3) is 0.526. The van der Waals surface area contributed by atoms with Gasteiger partial charge in [0, 0.05) is 19.0 Å². The van der Waals surface area contributed by atoms with Crippen molar-refractivity contribution in [3.8, 4) is 0 Å². The van der Waals surface area contributed by atoms with Crippen LogP contribution in [0, 0.1) is 5.92 Å². The first-order valence-electron chi connectivity index (χ1n) is 9.33. The number of piperidine rings is 1. The first-order valence-corrected chi connectivity index (χ1v) is 10.8. The Labute approximate surface area is 170 Å². The van der Waals surface area contributed by atoms with Crippen molar-refractivity contribution in [1.82, 2.24) is 9.62 Å². The van der Waals surface area contributed by atoms with E-state index in [1.807, 2.05) is 20.8 Å². The summed E-state index contributed by atoms with van der Waals surface area (Å²) in [7, 11) is -3.67. The van der Waals surface area contributed by atoms with Crippen LogP contribution in [0.4, 0.5) is 0 Å². The van der Waals surface area contributed by atoms with E-state index in [1.165, 1.54) is 4.31 Å². The largest absolute Gasteiger partial charge is 0.367 e. The Bertz CT molecular complexity index is 868. The molecule has 1 aromatic carbocycles. The minimum absolute atomic E-state index is 0.0817. The van der Waals surface area contributed by atoms with Gasteiger partial charge in [-0.25, -0.2) is 8.42 Å². The van der Waals surface area contributed by atoms with Crippen LogP contribution >= 0.6 is 0 Å². The van der Waals surface area contributed by atoms with E-state index in [0.29, 0.717) is 0 Å². The van der Waals surface area contributed by atoms with Gasteiger partial charge in [0.15, 0.2) is 6.04 Å². The topological polar surface area (TPSA) is 153 Å². The predicted octanol–water partition coefficient (Wildman–Crippen LogP) is -0.160. The van der Waals surface area contributed by atoms with Crippen LogP contribution in [0.1, 0.15) is 39.2 Å². The molecule has 3 amide bonds. The lowest BCUT2D eigenvalue weighted by molar-refractivity contribution is -0.136. The van der Waals surface area contributed by atoms with Gasteiger partial charge in [-0.3, -0.25) is 14.4 Å². The second kappa shape index (κ2) is 8.50. The zero-order valence-corrected chi connectivity index (χ0v) is 17.7. The second-order valence-corrected chi connectivity index (χ2v) is 10.1. The van der Waals surface area contributed by atoms with Crippen LogP contribution in [-0.4, -0.2) is 49.6 Å². The highest BCUT2D eigenvalue weighted by Crippen LogP contribution is 2.27. The molecular weight excluding hydrogens is 396 g/mol. The van der Waals surface area contributed by atoms with Crippen molar-refractivity contribution < 1.29 is 22.8 Å². The van der Waals surface area contributed by atoms with Gasteiger partial charge in [0.2, 0.25) is 27.7 Å². The quantitative estimate of drug-likeness (QED) is 0.542. The molecule has 1 aromatic rings. The summed E-state index contributed by atoms with van der Waals surface area (Å²) in [4.78, 5) is 34.9. The number of nitrogens with one attached hydrogen (secondary N) is 1. The molecule has 0 radical (unpaired) electrons. The number of amides is 3. The van der Waals surface area contributed by atoms with Crippen molar-refractivity contribution in [2.45, 2.75) is 50.0 Å². The molecule has 1 heterocycles. The highest BCUT2D eigenvalue weighted by atomic mass is 32.2. The molecule has 160 valence electrons. The van der Waals surface area contributed by atoms with Crippen LogP contribution in [0.3, 0.4) is 0 Å². The summed E-state index contributed by atoms with van der Waals surface area (Å²) in [5, 5.41) is 2.24. The number of carbonyl (C=O) groups is 3. The monoisotopic (exact) mass is 424 g/mol. The van der Waals surface area contributed by atoms with Gasteiger partial charge >= 0.3 is 0 Å². The zero-order valence-electron chi connectivity index (χ0n) is 16.8. The number of nitrogens with two attached hydrogens (primary N) is 2. The third kappa shape index (κ3) is 5.33. The average molecular weight is 425 g/mol. The molecule has 0 aliphatic carbocycles. The average Bonchev–Trinajstić information content (AvgIpc) is 2.64. The Morgan fingerprint density at radius 1 is 1.03 bits per heavy atom. The number of benzene rings is 1. The predicted molar refractivity (Wildman–Crippen MR) is 107 cm³/mol. The van der Waals surface area contributed by atoms with E-state index >= 15 is 0 Å². The number of primary amides is 2. The molecule has 29 heavy (non-hydrogen) atoms. The fourth-order valence-electron chi connectivity index (χ4n) is 3.18. The van der Waals surface area contributed by atoms with Gasteiger partial charge in [-0.05, 0) is 36.0 Å². The fourth-order valence-corrected chi connectivity index (χ4v) is 4.65. The van der Waals surface area contributed by atoms with Crippen LogP contribution in [0.25, 0.3) is 0 Å². The molecule has 0 atom stereocenters. The van der Waals surface area contributed by atoms with Gasteiger partial charge in [-0.2, -0.15) is 4.31 Å². The van der Waals surface area contributed by atoms with Crippen LogP contribution in [0.5, 0.6) is 0 Å². The molecule has 0 saturated carbocycles. The van der Waals surface area contributed by atoms with Gasteiger partial charge in [-0.15, -0.1) is 0 Å². The summed E-state index contributed by atoms with van der Waals surface area (Å²) in [5.41, 5.74) is 11.1. The lowest BCUT2D eigenvalue weighted by atomic mass is 9.87. The number of hydrogen-bond donors (Lipinski definition) is 3. The van der Waals surface area contributed by atoms with Crippen LogP contribution in [0.15, 0.2) is 29.2 Å². The molecule has 0 spiro atoms. The number of carbonyl (C=O) groups excluding carboxylic acids is 3. The van der Waals surface area contributed by atoms with Crippen LogP contribution in [0.2, 0.25) is 0 Å². The molecule has 1 aliphatic heterocycles. The van der Waals surface area contributed by atoms with E-state index in [9.17, 15) is 22.8 Å². The molecule has 1 fully saturated rings. The maximum absolute atomic E-state index is 12.9. The Hall–Kier alpha value is -2.46. The second-order valence-electron chi connectivity index (χ2n) is 8.20. The zero-order chi connectivity index (χ0) is 22.0. The first kappa shape index (κ1) is 22.8. The maximum Gasteiger partial charge on any atom is 0.249 e. The van der Waals surface area contributed by atoms with E-state index in [4.69, 9.17) is 11.5 Å². The Morgan fingerprint density at radius 2 is 1.52 bits per heavy atom. The number of hydrogen-bond acceptors (Lipinski definition) is 5. The first-order chi connectivity index (χ1) is 13.3. The van der Waals surface area contributed by atoms with Crippen molar-refractivity contribution >= 4 is 27.7 Å². The SMILES string of the molecule is CC(C)(C)c1ccc(S(=O)(=O)N2CCC(C(=O)NC(C(N)=O)C(N)=O)CC2)cc1. The highest BCUT2D eigenvalue weighted by molar-refractivity contribution is 7.89. The minimum Gasteiger partial charge on any atom is -0.367 e. The number of rotatable bonds is 6. The summed E-state index contributed by atoms with van der Waals surface area (Å²) in [6.07, 6.45) is 0.519. The van der Waals surface area contributed by atoms with Crippen molar-refractivity contribution in [2.24, 2.45) is 17.4 Å². The Balaban J connectivity index is 2.03. The van der Waals surface area contributed by atoms with Crippen molar-refractivity contribution in [1.29, 1.82) is 0 Å². The molecule has 10 heteroatoms. The van der Waals surface area contributed by atoms with Gasteiger partial charge in [-0.1, -0.05) is 32.9 Å². The lowest BCUT2D eigenvalue weighted by Gasteiger charge is -2.31. The van der Waals surface area contributed by atoms with E-state index < -0.39 is 39.7 Å². The van der Waals surface area contributed by atoms with Crippen molar-refractivity contribution in [3.05, 3.63) is 29.8 Å². The Kier molecular flexibility index (Phi) is 6.69. The van der Waals surface area contributed by atoms with Gasteiger partial charge in [0.25, 0.3) is 0 Å². The van der Waals surface area contributed by atoms with E-state index in [-0.39, 0.29) is 36.2 Å². The molecule has 0 bridgehead atoms. The Morgan fingerprint density at radius 3 is 1.93 bits per heavy atom. The third-order valence-corrected chi connectivity index (χ3v) is 6.95. The van der Waals surface area contributed by atoms with Gasteiger partial charge in [0.05, 0.1) is 4.90 Å². The van der Waals surface area contributed by atoms with E-state index in [1.54, 1.807) is 24.3 Å². The molecule has 5 N–H and O–H groups in total. The summed E-state index contributed by atoms with van der Waals surface area (Å²) in [5.74, 6) is -3.15. The van der Waals surface area contributed by atoms with Crippen molar-refractivity contribution in [2.75, 3.05) is 13.1 Å². The van der Waals surface area contributed by atoms with E-state index in [0.717, 1.165) is 5.56 Å². The standard InChI is InChI=1S/C19H28N4O5S/c1-19(2,3)13-4-6-14(7-5-13)29(27,28)23-10-8-12(9-11-23)18(26)22-15(16(20)24)17(21)25/h4-7,12,15H,8-11H2,1-3H3,(H2,20,24)(H2,21,25)(H,22,26). The summed E-state index contributed by atoms with van der Waals surface area (Å²) < 4.78 is 27.1. The summed E-state index contributed by atoms with van der Waals surface area (Å²) >= 11 is 0.